The molecule has 2 rings (SSSR count). The summed E-state index contributed by atoms with van der Waals surface area (Å²) in [4.78, 5) is 14.5. The maximum Gasteiger partial charge on any atom is 0.338 e. The second kappa shape index (κ2) is 4.67. The predicted molar refractivity (Wildman–Crippen MR) is 58.4 cm³/mol. The number of nitrogens with zero attached hydrogens (tertiary/aromatic N) is 1. The van der Waals surface area contributed by atoms with Gasteiger partial charge in [-0.15, -0.1) is 0 Å². The molecule has 92 valence electrons. The third kappa shape index (κ3) is 2.52. The van der Waals surface area contributed by atoms with E-state index in [0.717, 1.165) is 6.07 Å². The zero-order valence-corrected chi connectivity index (χ0v) is 9.06. The van der Waals surface area contributed by atoms with Gasteiger partial charge in [0.25, 0.3) is 0 Å². The molecule has 0 aromatic carbocycles. The first-order chi connectivity index (χ1) is 8.08. The zero-order chi connectivity index (χ0) is 12.4. The van der Waals surface area contributed by atoms with E-state index in [0.29, 0.717) is 25.3 Å². The zero-order valence-electron chi connectivity index (χ0n) is 9.06. The molecule has 6 heteroatoms. The van der Waals surface area contributed by atoms with Crippen molar-refractivity contribution in [2.24, 2.45) is 5.92 Å². The van der Waals surface area contributed by atoms with Crippen molar-refractivity contribution in [1.29, 1.82) is 0 Å². The third-order valence-corrected chi connectivity index (χ3v) is 2.89. The van der Waals surface area contributed by atoms with Crippen LogP contribution in [0.15, 0.2) is 12.3 Å². The van der Waals surface area contributed by atoms with E-state index in [1.807, 2.05) is 0 Å². The molecule has 0 bridgehead atoms. The lowest BCUT2D eigenvalue weighted by Crippen LogP contribution is -2.33. The minimum atomic E-state index is -1.31. The van der Waals surface area contributed by atoms with Crippen LogP contribution in [0.5, 0.6) is 0 Å². The van der Waals surface area contributed by atoms with Crippen LogP contribution in [0, 0.1) is 11.7 Å². The lowest BCUT2D eigenvalue weighted by atomic mass is 9.82. The van der Waals surface area contributed by atoms with Crippen LogP contribution in [0.3, 0.4) is 0 Å². The number of nitrogens with one attached hydrogen (secondary N) is 1. The van der Waals surface area contributed by atoms with Crippen molar-refractivity contribution in [3.05, 3.63) is 23.6 Å². The van der Waals surface area contributed by atoms with Gasteiger partial charge in [-0.3, -0.25) is 0 Å². The van der Waals surface area contributed by atoms with E-state index < -0.39 is 17.3 Å². The number of carbonyl (C=O) groups is 1. The Kier molecular flexibility index (Phi) is 3.23. The summed E-state index contributed by atoms with van der Waals surface area (Å²) in [7, 11) is 0. The van der Waals surface area contributed by atoms with Gasteiger partial charge < -0.3 is 15.5 Å². The maximum atomic E-state index is 13.6. The van der Waals surface area contributed by atoms with Crippen LogP contribution in [0.25, 0.3) is 0 Å². The molecule has 1 fully saturated rings. The Bertz CT molecular complexity index is 433. The number of carboxylic acid groups (broad SMARTS) is 1. The molecular formula is C11H13FN2O3. The second-order valence-electron chi connectivity index (χ2n) is 4.20. The van der Waals surface area contributed by atoms with Crippen LogP contribution in [-0.4, -0.2) is 33.8 Å². The minimum Gasteiger partial charge on any atom is -0.478 e. The van der Waals surface area contributed by atoms with E-state index in [-0.39, 0.29) is 11.9 Å². The van der Waals surface area contributed by atoms with Crippen molar-refractivity contribution in [3.8, 4) is 0 Å². The summed E-state index contributed by atoms with van der Waals surface area (Å²) in [6, 6.07) is 1.12. The first-order valence-corrected chi connectivity index (χ1v) is 5.37. The molecule has 3 N–H and O–H groups in total. The fourth-order valence-electron chi connectivity index (χ4n) is 1.84. The molecule has 0 saturated heterocycles. The van der Waals surface area contributed by atoms with Gasteiger partial charge in [-0.2, -0.15) is 0 Å². The van der Waals surface area contributed by atoms with Gasteiger partial charge in [0, 0.05) is 12.7 Å². The van der Waals surface area contributed by atoms with Gasteiger partial charge in [0.05, 0.1) is 6.10 Å². The molecule has 0 spiro atoms. The van der Waals surface area contributed by atoms with Gasteiger partial charge in [-0.05, 0) is 24.8 Å². The molecule has 5 nitrogen and oxygen atoms in total. The number of hydrogen-bond acceptors (Lipinski definition) is 4. The third-order valence-electron chi connectivity index (χ3n) is 2.89. The lowest BCUT2D eigenvalue weighted by Gasteiger charge is -2.31. The number of rotatable bonds is 4. The van der Waals surface area contributed by atoms with Crippen LogP contribution in [-0.2, 0) is 0 Å². The normalized spacial score (nSPS) is 22.9. The molecular weight excluding hydrogens is 227 g/mol. The number of aliphatic hydroxyl groups excluding tert-OH is 1. The molecule has 0 radical (unpaired) electrons. The summed E-state index contributed by atoms with van der Waals surface area (Å²) in [5.74, 6) is -1.92. The molecule has 1 heterocycles. The molecule has 0 aliphatic heterocycles. The van der Waals surface area contributed by atoms with Gasteiger partial charge in [0.15, 0.2) is 11.6 Å². The predicted octanol–water partition coefficient (Wildman–Crippen LogP) is 1.10. The number of aliphatic hydroxyl groups is 1. The van der Waals surface area contributed by atoms with Crippen LogP contribution in [0.4, 0.5) is 10.2 Å². The van der Waals surface area contributed by atoms with Crippen LogP contribution >= 0.6 is 0 Å². The molecule has 0 unspecified atom stereocenters. The van der Waals surface area contributed by atoms with Crippen molar-refractivity contribution in [1.82, 2.24) is 4.98 Å². The Labute approximate surface area is 97.3 Å². The molecule has 1 aliphatic rings. The number of aromatic nitrogens is 1. The van der Waals surface area contributed by atoms with E-state index in [1.165, 1.54) is 6.20 Å². The van der Waals surface area contributed by atoms with E-state index in [9.17, 15) is 9.18 Å². The number of carboxylic acids is 1. The first kappa shape index (κ1) is 11.8. The molecule has 1 saturated carbocycles. The van der Waals surface area contributed by atoms with Gasteiger partial charge in [-0.25, -0.2) is 14.2 Å². The Balaban J connectivity index is 2.01. The highest BCUT2D eigenvalue weighted by atomic mass is 19.1. The van der Waals surface area contributed by atoms with Gasteiger partial charge in [0.2, 0.25) is 0 Å². The smallest absolute Gasteiger partial charge is 0.338 e. The summed E-state index contributed by atoms with van der Waals surface area (Å²) in [5, 5.41) is 20.6. The number of halogens is 1. The molecule has 0 amide bonds. The van der Waals surface area contributed by atoms with E-state index >= 15 is 0 Å². The highest BCUT2D eigenvalue weighted by Crippen LogP contribution is 2.27. The monoisotopic (exact) mass is 240 g/mol. The fraction of sp³-hybridized carbons (Fsp3) is 0.455. The highest BCUT2D eigenvalue weighted by molar-refractivity contribution is 5.88. The van der Waals surface area contributed by atoms with E-state index in [2.05, 4.69) is 10.3 Å². The fourth-order valence-corrected chi connectivity index (χ4v) is 1.84. The average molecular weight is 240 g/mol. The maximum absolute atomic E-state index is 13.6. The van der Waals surface area contributed by atoms with E-state index in [1.54, 1.807) is 0 Å². The summed E-state index contributed by atoms with van der Waals surface area (Å²) < 4.78 is 13.6. The Morgan fingerprint density at radius 2 is 2.29 bits per heavy atom. The standard InChI is InChI=1S/C11H13FN2O3/c12-9-8(11(16)17)1-2-13-10(9)14-5-6-3-7(15)4-6/h1-2,6-7,15H,3-5H2,(H,13,14)(H,16,17). The number of anilines is 1. The van der Waals surface area contributed by atoms with Gasteiger partial charge >= 0.3 is 5.97 Å². The van der Waals surface area contributed by atoms with Gasteiger partial charge in [0.1, 0.15) is 5.56 Å². The van der Waals surface area contributed by atoms with Crippen molar-refractivity contribution >= 4 is 11.8 Å². The Morgan fingerprint density at radius 3 is 2.88 bits per heavy atom. The molecule has 1 aromatic heterocycles. The lowest BCUT2D eigenvalue weighted by molar-refractivity contribution is 0.0486. The minimum absolute atomic E-state index is 0.0497. The van der Waals surface area contributed by atoms with E-state index in [4.69, 9.17) is 10.2 Å². The van der Waals surface area contributed by atoms with Crippen LogP contribution < -0.4 is 5.32 Å². The molecule has 0 atom stereocenters. The van der Waals surface area contributed by atoms with Crippen molar-refractivity contribution in [2.45, 2.75) is 18.9 Å². The summed E-state index contributed by atoms with van der Waals surface area (Å²) in [5.41, 5.74) is -0.392. The van der Waals surface area contributed by atoms with Crippen molar-refractivity contribution < 1.29 is 19.4 Å². The molecule has 1 aromatic rings. The SMILES string of the molecule is O=C(O)c1ccnc(NCC2CC(O)C2)c1F. The summed E-state index contributed by atoms with van der Waals surface area (Å²) in [6.45, 7) is 0.490. The number of aromatic carboxylic acids is 1. The summed E-state index contributed by atoms with van der Waals surface area (Å²) in [6.07, 6.45) is 2.37. The largest absolute Gasteiger partial charge is 0.478 e. The Hall–Kier alpha value is -1.69. The summed E-state index contributed by atoms with van der Waals surface area (Å²) >= 11 is 0. The van der Waals surface area contributed by atoms with Crippen molar-refractivity contribution in [2.75, 3.05) is 11.9 Å². The number of hydrogen-bond donors (Lipinski definition) is 3. The van der Waals surface area contributed by atoms with Crippen LogP contribution in [0.2, 0.25) is 0 Å². The molecule has 17 heavy (non-hydrogen) atoms. The van der Waals surface area contributed by atoms with Crippen molar-refractivity contribution in [3.63, 3.8) is 0 Å². The quantitative estimate of drug-likeness (QED) is 0.734. The van der Waals surface area contributed by atoms with Crippen LogP contribution in [0.1, 0.15) is 23.2 Å². The number of pyridine rings is 1. The average Bonchev–Trinajstić information content (AvgIpc) is 2.24. The highest BCUT2D eigenvalue weighted by Gasteiger charge is 2.27. The Morgan fingerprint density at radius 1 is 1.59 bits per heavy atom. The molecule has 1 aliphatic carbocycles. The second-order valence-corrected chi connectivity index (χ2v) is 4.20. The van der Waals surface area contributed by atoms with Gasteiger partial charge in [-0.1, -0.05) is 0 Å². The topological polar surface area (TPSA) is 82.5 Å². The first-order valence-electron chi connectivity index (χ1n) is 5.37.